The third-order valence-corrected chi connectivity index (χ3v) is 2.05. The summed E-state index contributed by atoms with van der Waals surface area (Å²) in [5, 5.41) is 8.57. The van der Waals surface area contributed by atoms with Crippen LogP contribution in [-0.2, 0) is 4.79 Å². The number of rotatable bonds is 6. The molecule has 14 heavy (non-hydrogen) atoms. The normalized spacial score (nSPS) is 11.5. The minimum absolute atomic E-state index is 0.0403. The van der Waals surface area contributed by atoms with Crippen molar-refractivity contribution in [2.24, 2.45) is 5.73 Å². The Morgan fingerprint density at radius 2 is 1.93 bits per heavy atom. The molecule has 0 unspecified atom stereocenters. The van der Waals surface area contributed by atoms with Crippen LogP contribution in [0.15, 0.2) is 0 Å². The van der Waals surface area contributed by atoms with Crippen LogP contribution < -0.4 is 5.73 Å². The Morgan fingerprint density at radius 1 is 1.36 bits per heavy atom. The minimum Gasteiger partial charge on any atom is -0.396 e. The molecule has 0 saturated heterocycles. The molecule has 0 rings (SSSR count). The quantitative estimate of drug-likeness (QED) is 0.611. The van der Waals surface area contributed by atoms with Crippen LogP contribution in [0, 0.1) is 0 Å². The van der Waals surface area contributed by atoms with Crippen LogP contribution in [0.1, 0.15) is 33.1 Å². The van der Waals surface area contributed by atoms with Crippen molar-refractivity contribution in [3.05, 3.63) is 0 Å². The number of hydrogen-bond acceptors (Lipinski definition) is 3. The molecule has 0 atom stereocenters. The molecule has 0 aromatic carbocycles. The van der Waals surface area contributed by atoms with Gasteiger partial charge in [-0.2, -0.15) is 0 Å². The van der Waals surface area contributed by atoms with Gasteiger partial charge in [0, 0.05) is 20.2 Å². The van der Waals surface area contributed by atoms with Gasteiger partial charge in [-0.1, -0.05) is 0 Å². The van der Waals surface area contributed by atoms with Crippen molar-refractivity contribution in [3.8, 4) is 0 Å². The van der Waals surface area contributed by atoms with Crippen LogP contribution in [0.5, 0.6) is 0 Å². The van der Waals surface area contributed by atoms with Crippen molar-refractivity contribution in [2.75, 3.05) is 20.2 Å². The summed E-state index contributed by atoms with van der Waals surface area (Å²) in [5.41, 5.74) is 4.89. The number of aliphatic hydroxyl groups is 1. The van der Waals surface area contributed by atoms with Gasteiger partial charge in [-0.3, -0.25) is 4.79 Å². The van der Waals surface area contributed by atoms with Crippen LogP contribution in [-0.4, -0.2) is 41.7 Å². The van der Waals surface area contributed by atoms with E-state index >= 15 is 0 Å². The van der Waals surface area contributed by atoms with E-state index in [1.165, 1.54) is 0 Å². The number of amides is 1. The molecular weight excluding hydrogens is 180 g/mol. The highest BCUT2D eigenvalue weighted by Crippen LogP contribution is 2.04. The maximum atomic E-state index is 11.6. The van der Waals surface area contributed by atoms with Crippen molar-refractivity contribution in [3.63, 3.8) is 0 Å². The third-order valence-electron chi connectivity index (χ3n) is 2.05. The van der Waals surface area contributed by atoms with E-state index in [0.717, 1.165) is 19.3 Å². The first-order valence-corrected chi connectivity index (χ1v) is 5.05. The monoisotopic (exact) mass is 202 g/mol. The third kappa shape index (κ3) is 5.19. The fraction of sp³-hybridized carbons (Fsp3) is 0.900. The molecule has 0 aliphatic rings. The topological polar surface area (TPSA) is 66.6 Å². The lowest BCUT2D eigenvalue weighted by Gasteiger charge is -2.25. The van der Waals surface area contributed by atoms with Crippen molar-refractivity contribution in [1.29, 1.82) is 0 Å². The number of aliphatic hydroxyl groups excluding tert-OH is 1. The van der Waals surface area contributed by atoms with Gasteiger partial charge >= 0.3 is 0 Å². The van der Waals surface area contributed by atoms with E-state index in [9.17, 15) is 4.79 Å². The Kier molecular flexibility index (Phi) is 5.72. The molecule has 4 nitrogen and oxygen atoms in total. The zero-order valence-electron chi connectivity index (χ0n) is 9.42. The van der Waals surface area contributed by atoms with Gasteiger partial charge in [-0.05, 0) is 33.1 Å². The van der Waals surface area contributed by atoms with Gasteiger partial charge in [-0.25, -0.2) is 0 Å². The lowest BCUT2D eigenvalue weighted by molar-refractivity contribution is -0.134. The smallest absolute Gasteiger partial charge is 0.241 e. The molecule has 0 radical (unpaired) electrons. The summed E-state index contributed by atoms with van der Waals surface area (Å²) >= 11 is 0. The minimum atomic E-state index is -0.786. The second-order valence-corrected chi connectivity index (χ2v) is 4.23. The molecule has 0 aromatic heterocycles. The Balaban J connectivity index is 3.74. The standard InChI is InChI=1S/C10H22N2O2/c1-10(2,11)9(14)12(3)7-5-4-6-8-13/h13H,4-8,11H2,1-3H3. The van der Waals surface area contributed by atoms with E-state index in [1.54, 1.807) is 25.8 Å². The first-order chi connectivity index (χ1) is 6.39. The number of carbonyl (C=O) groups excluding carboxylic acids is 1. The highest BCUT2D eigenvalue weighted by Gasteiger charge is 2.24. The zero-order valence-corrected chi connectivity index (χ0v) is 9.42. The number of unbranched alkanes of at least 4 members (excludes halogenated alkanes) is 2. The van der Waals surface area contributed by atoms with Crippen molar-refractivity contribution in [2.45, 2.75) is 38.6 Å². The molecule has 0 fully saturated rings. The number of carbonyl (C=O) groups is 1. The fourth-order valence-electron chi connectivity index (χ4n) is 1.23. The Hall–Kier alpha value is -0.610. The predicted molar refractivity (Wildman–Crippen MR) is 56.8 cm³/mol. The first-order valence-electron chi connectivity index (χ1n) is 5.05. The van der Waals surface area contributed by atoms with Crippen LogP contribution >= 0.6 is 0 Å². The highest BCUT2D eigenvalue weighted by atomic mass is 16.2. The van der Waals surface area contributed by atoms with Crippen LogP contribution in [0.25, 0.3) is 0 Å². The summed E-state index contributed by atoms with van der Waals surface area (Å²) in [6, 6.07) is 0. The van der Waals surface area contributed by atoms with Crippen LogP contribution in [0.2, 0.25) is 0 Å². The second-order valence-electron chi connectivity index (χ2n) is 4.23. The summed E-state index contributed by atoms with van der Waals surface area (Å²) in [6.45, 7) is 4.35. The number of nitrogens with zero attached hydrogens (tertiary/aromatic N) is 1. The van der Waals surface area contributed by atoms with E-state index in [4.69, 9.17) is 10.8 Å². The van der Waals surface area contributed by atoms with Gasteiger partial charge in [0.15, 0.2) is 0 Å². The summed E-state index contributed by atoms with van der Waals surface area (Å²) in [5.74, 6) is -0.0403. The average Bonchev–Trinajstić information content (AvgIpc) is 2.09. The molecule has 4 heteroatoms. The lowest BCUT2D eigenvalue weighted by atomic mass is 10.1. The van der Waals surface area contributed by atoms with E-state index < -0.39 is 5.54 Å². The van der Waals surface area contributed by atoms with Gasteiger partial charge in [0.05, 0.1) is 5.54 Å². The van der Waals surface area contributed by atoms with Gasteiger partial charge in [-0.15, -0.1) is 0 Å². The van der Waals surface area contributed by atoms with Crippen molar-refractivity contribution in [1.82, 2.24) is 4.90 Å². The summed E-state index contributed by atoms with van der Waals surface area (Å²) in [4.78, 5) is 13.2. The maximum Gasteiger partial charge on any atom is 0.241 e. The predicted octanol–water partition coefficient (Wildman–Crippen LogP) is 0.345. The van der Waals surface area contributed by atoms with Crippen molar-refractivity contribution < 1.29 is 9.90 Å². The molecule has 1 amide bonds. The molecule has 0 bridgehead atoms. The molecule has 0 aliphatic carbocycles. The van der Waals surface area contributed by atoms with Gasteiger partial charge < -0.3 is 15.7 Å². The zero-order chi connectivity index (χ0) is 11.2. The largest absolute Gasteiger partial charge is 0.396 e. The Labute approximate surface area is 86.1 Å². The van der Waals surface area contributed by atoms with E-state index in [2.05, 4.69) is 0 Å². The molecule has 0 heterocycles. The van der Waals surface area contributed by atoms with Gasteiger partial charge in [0.1, 0.15) is 0 Å². The van der Waals surface area contributed by atoms with Crippen LogP contribution in [0.4, 0.5) is 0 Å². The summed E-state index contributed by atoms with van der Waals surface area (Å²) in [6.07, 6.45) is 2.66. The summed E-state index contributed by atoms with van der Waals surface area (Å²) < 4.78 is 0. The highest BCUT2D eigenvalue weighted by molar-refractivity contribution is 5.84. The van der Waals surface area contributed by atoms with Crippen molar-refractivity contribution >= 4 is 5.91 Å². The molecule has 84 valence electrons. The SMILES string of the molecule is CN(CCCCCO)C(=O)C(C)(C)N. The number of hydrogen-bond donors (Lipinski definition) is 2. The van der Waals surface area contributed by atoms with E-state index in [-0.39, 0.29) is 12.5 Å². The molecule has 0 aromatic rings. The molecular formula is C10H22N2O2. The summed E-state index contributed by atoms with van der Waals surface area (Å²) in [7, 11) is 1.76. The van der Waals surface area contributed by atoms with E-state index in [1.807, 2.05) is 0 Å². The molecule has 0 spiro atoms. The van der Waals surface area contributed by atoms with E-state index in [0.29, 0.717) is 6.54 Å². The van der Waals surface area contributed by atoms with Gasteiger partial charge in [0.25, 0.3) is 0 Å². The molecule has 0 aliphatic heterocycles. The lowest BCUT2D eigenvalue weighted by Crippen LogP contribution is -2.49. The van der Waals surface area contributed by atoms with Crippen LogP contribution in [0.3, 0.4) is 0 Å². The molecule has 0 saturated carbocycles. The fourth-order valence-corrected chi connectivity index (χ4v) is 1.23. The first kappa shape index (κ1) is 13.4. The Morgan fingerprint density at radius 3 is 2.36 bits per heavy atom. The number of likely N-dealkylation sites (N-methyl/N-ethyl adjacent to an activating group) is 1. The Bertz CT molecular complexity index is 175. The average molecular weight is 202 g/mol. The number of nitrogens with two attached hydrogens (primary N) is 1. The second kappa shape index (κ2) is 5.98. The maximum absolute atomic E-state index is 11.6. The van der Waals surface area contributed by atoms with Gasteiger partial charge in [0.2, 0.25) is 5.91 Å². The molecule has 3 N–H and O–H groups in total.